The highest BCUT2D eigenvalue weighted by atomic mass is 16.6. The molecule has 0 heterocycles. The Bertz CT molecular complexity index is 1170. The molecule has 0 amide bonds. The standard InChI is InChI=1S/C36H54O8/c1-20(2)21(3)10-11-22(4)30-14-15-31-29-13-12-27-16-28(42-24(6)38)17-33(44-26(8)40)35(27,9)34(29)32(43-25(7)39)18-36(30,31)19-41-23(5)37/h12,20,22,28-34H,3,10-11,13-19H2,1-2,4-9H3. The molecule has 4 aliphatic carbocycles. The molecule has 0 radical (unpaired) electrons. The lowest BCUT2D eigenvalue weighted by Gasteiger charge is -2.62. The lowest BCUT2D eigenvalue weighted by Crippen LogP contribution is -2.63. The summed E-state index contributed by atoms with van der Waals surface area (Å²) in [5.41, 5.74) is 1.42. The van der Waals surface area contributed by atoms with E-state index in [0.29, 0.717) is 43.6 Å². The van der Waals surface area contributed by atoms with E-state index in [1.807, 2.05) is 0 Å². The van der Waals surface area contributed by atoms with Crippen molar-refractivity contribution >= 4 is 23.9 Å². The number of hydrogen-bond acceptors (Lipinski definition) is 8. The third-order valence-electron chi connectivity index (χ3n) is 11.8. The minimum Gasteiger partial charge on any atom is -0.465 e. The zero-order valence-corrected chi connectivity index (χ0v) is 28.1. The highest BCUT2D eigenvalue weighted by Gasteiger charge is 2.67. The van der Waals surface area contributed by atoms with Crippen LogP contribution in [-0.2, 0) is 38.1 Å². The fourth-order valence-electron chi connectivity index (χ4n) is 9.86. The van der Waals surface area contributed by atoms with E-state index in [9.17, 15) is 19.2 Å². The lowest BCUT2D eigenvalue weighted by molar-refractivity contribution is -0.205. The molecule has 0 aromatic carbocycles. The molecule has 4 aliphatic rings. The number of fused-ring (bicyclic) bond motifs is 5. The number of hydrogen-bond donors (Lipinski definition) is 0. The van der Waals surface area contributed by atoms with Crippen LogP contribution in [0.1, 0.15) is 107 Å². The molecule has 246 valence electrons. The molecule has 0 saturated heterocycles. The van der Waals surface area contributed by atoms with Gasteiger partial charge in [-0.1, -0.05) is 51.5 Å². The molecule has 0 aromatic rings. The molecule has 10 atom stereocenters. The monoisotopic (exact) mass is 614 g/mol. The minimum absolute atomic E-state index is 0.0979. The molecule has 0 aromatic heterocycles. The van der Waals surface area contributed by atoms with Crippen LogP contribution in [0.5, 0.6) is 0 Å². The van der Waals surface area contributed by atoms with Crippen LogP contribution in [0.25, 0.3) is 0 Å². The topological polar surface area (TPSA) is 105 Å². The Balaban J connectivity index is 1.78. The summed E-state index contributed by atoms with van der Waals surface area (Å²) in [4.78, 5) is 49.3. The van der Waals surface area contributed by atoms with Crippen molar-refractivity contribution in [3.8, 4) is 0 Å². The van der Waals surface area contributed by atoms with Gasteiger partial charge in [-0.2, -0.15) is 0 Å². The number of carbonyl (C=O) groups excluding carboxylic acids is 4. The Morgan fingerprint density at radius 3 is 2.20 bits per heavy atom. The maximum atomic E-state index is 12.7. The largest absolute Gasteiger partial charge is 0.465 e. The smallest absolute Gasteiger partial charge is 0.302 e. The van der Waals surface area contributed by atoms with Gasteiger partial charge in [0, 0.05) is 57.3 Å². The number of ether oxygens (including phenoxy) is 4. The van der Waals surface area contributed by atoms with Gasteiger partial charge in [0.2, 0.25) is 0 Å². The van der Waals surface area contributed by atoms with E-state index >= 15 is 0 Å². The van der Waals surface area contributed by atoms with Gasteiger partial charge in [-0.3, -0.25) is 19.2 Å². The fraction of sp³-hybridized carbons (Fsp3) is 0.778. The SMILES string of the molecule is C=C(CCC(C)C1CCC2C3CC=C4CC(OC(C)=O)CC(OC(C)=O)C4(C)C3C(OC(C)=O)CC12COC(C)=O)C(C)C. The summed E-state index contributed by atoms with van der Waals surface area (Å²) in [5, 5.41) is 0. The molecule has 4 rings (SSSR count). The van der Waals surface area contributed by atoms with Gasteiger partial charge in [-0.25, -0.2) is 0 Å². The van der Waals surface area contributed by atoms with E-state index in [-0.39, 0.29) is 53.1 Å². The van der Waals surface area contributed by atoms with Gasteiger partial charge in [0.1, 0.15) is 18.3 Å². The maximum absolute atomic E-state index is 12.7. The van der Waals surface area contributed by atoms with Crippen LogP contribution in [0.15, 0.2) is 23.8 Å². The first-order valence-corrected chi connectivity index (χ1v) is 16.6. The predicted octanol–water partition coefficient (Wildman–Crippen LogP) is 6.75. The number of allylic oxidation sites excluding steroid dienone is 2. The number of rotatable bonds is 10. The van der Waals surface area contributed by atoms with E-state index in [0.717, 1.165) is 37.7 Å². The summed E-state index contributed by atoms with van der Waals surface area (Å²) in [6, 6.07) is 0. The molecule has 10 unspecified atom stereocenters. The van der Waals surface area contributed by atoms with Crippen molar-refractivity contribution in [3.63, 3.8) is 0 Å². The molecular weight excluding hydrogens is 560 g/mol. The van der Waals surface area contributed by atoms with Gasteiger partial charge in [-0.05, 0) is 68.1 Å². The molecule has 8 nitrogen and oxygen atoms in total. The molecule has 3 saturated carbocycles. The highest BCUT2D eigenvalue weighted by Crippen LogP contribution is 2.68. The molecule has 3 fully saturated rings. The predicted molar refractivity (Wildman–Crippen MR) is 166 cm³/mol. The first kappa shape index (κ1) is 34.2. The Morgan fingerprint density at radius 1 is 0.955 bits per heavy atom. The zero-order valence-electron chi connectivity index (χ0n) is 28.1. The lowest BCUT2D eigenvalue weighted by atomic mass is 9.45. The Kier molecular flexibility index (Phi) is 10.4. The minimum atomic E-state index is -0.600. The van der Waals surface area contributed by atoms with Crippen LogP contribution in [-0.4, -0.2) is 48.8 Å². The van der Waals surface area contributed by atoms with Crippen molar-refractivity contribution in [2.45, 2.75) is 125 Å². The summed E-state index contributed by atoms with van der Waals surface area (Å²) in [7, 11) is 0. The van der Waals surface area contributed by atoms with E-state index < -0.39 is 17.6 Å². The van der Waals surface area contributed by atoms with E-state index in [1.165, 1.54) is 33.3 Å². The highest BCUT2D eigenvalue weighted by molar-refractivity contribution is 5.68. The molecule has 0 N–H and O–H groups in total. The second-order valence-electron chi connectivity index (χ2n) is 14.7. The Hall–Kier alpha value is -2.64. The van der Waals surface area contributed by atoms with Crippen molar-refractivity contribution in [1.29, 1.82) is 0 Å². The van der Waals surface area contributed by atoms with E-state index in [1.54, 1.807) is 0 Å². The van der Waals surface area contributed by atoms with Crippen molar-refractivity contribution in [2.24, 2.45) is 46.3 Å². The maximum Gasteiger partial charge on any atom is 0.302 e. The number of carbonyl (C=O) groups is 4. The second-order valence-corrected chi connectivity index (χ2v) is 14.7. The molecule has 44 heavy (non-hydrogen) atoms. The summed E-state index contributed by atoms with van der Waals surface area (Å²) in [5.74, 6) is 0.0109. The van der Waals surface area contributed by atoms with Crippen molar-refractivity contribution in [1.82, 2.24) is 0 Å². The van der Waals surface area contributed by atoms with Gasteiger partial charge in [0.05, 0.1) is 6.61 Å². The summed E-state index contributed by atoms with van der Waals surface area (Å²) < 4.78 is 23.8. The molecule has 0 spiro atoms. The van der Waals surface area contributed by atoms with Gasteiger partial charge in [-0.15, -0.1) is 0 Å². The van der Waals surface area contributed by atoms with Crippen LogP contribution in [0.2, 0.25) is 0 Å². The van der Waals surface area contributed by atoms with Crippen molar-refractivity contribution < 1.29 is 38.1 Å². The molecule has 0 bridgehead atoms. The third-order valence-corrected chi connectivity index (χ3v) is 11.8. The van der Waals surface area contributed by atoms with Crippen LogP contribution >= 0.6 is 0 Å². The first-order valence-electron chi connectivity index (χ1n) is 16.6. The average molecular weight is 615 g/mol. The average Bonchev–Trinajstić information content (AvgIpc) is 3.29. The van der Waals surface area contributed by atoms with Crippen LogP contribution < -0.4 is 0 Å². The Labute approximate surface area is 263 Å². The van der Waals surface area contributed by atoms with Crippen LogP contribution in [0.3, 0.4) is 0 Å². The van der Waals surface area contributed by atoms with E-state index in [4.69, 9.17) is 18.9 Å². The fourth-order valence-corrected chi connectivity index (χ4v) is 9.86. The van der Waals surface area contributed by atoms with Gasteiger partial charge in [0.25, 0.3) is 0 Å². The van der Waals surface area contributed by atoms with Gasteiger partial charge < -0.3 is 18.9 Å². The quantitative estimate of drug-likeness (QED) is 0.151. The van der Waals surface area contributed by atoms with Gasteiger partial charge in [0.15, 0.2) is 0 Å². The second kappa shape index (κ2) is 13.4. The van der Waals surface area contributed by atoms with Crippen LogP contribution in [0, 0.1) is 46.3 Å². The van der Waals surface area contributed by atoms with Crippen molar-refractivity contribution in [3.05, 3.63) is 23.8 Å². The van der Waals surface area contributed by atoms with E-state index in [2.05, 4.69) is 40.3 Å². The summed E-state index contributed by atoms with van der Waals surface area (Å²) in [6.07, 6.45) is 7.23. The summed E-state index contributed by atoms with van der Waals surface area (Å²) in [6.45, 7) is 19.2. The molecule has 8 heteroatoms. The van der Waals surface area contributed by atoms with Gasteiger partial charge >= 0.3 is 23.9 Å². The van der Waals surface area contributed by atoms with Crippen LogP contribution in [0.4, 0.5) is 0 Å². The zero-order chi connectivity index (χ0) is 32.6. The summed E-state index contributed by atoms with van der Waals surface area (Å²) >= 11 is 0. The third kappa shape index (κ3) is 6.64. The number of esters is 4. The van der Waals surface area contributed by atoms with Crippen molar-refractivity contribution in [2.75, 3.05) is 6.61 Å². The molecule has 0 aliphatic heterocycles. The molecular formula is C36H54O8. The Morgan fingerprint density at radius 2 is 1.61 bits per heavy atom. The first-order chi connectivity index (χ1) is 20.6. The normalized spacial score (nSPS) is 36.6.